The first kappa shape index (κ1) is 7.23. The largest absolute Gasteiger partial charge is 0.396 e. The van der Waals surface area contributed by atoms with E-state index in [1.54, 1.807) is 0 Å². The van der Waals surface area contributed by atoms with Crippen LogP contribution in [0.5, 0.6) is 0 Å². The third-order valence-electron chi connectivity index (χ3n) is 0.529. The SMILES string of the molecule is NC=NOCCCO. The molecule has 0 bridgehead atoms. The smallest absolute Gasteiger partial charge is 0.125 e. The molecular weight excluding hydrogens is 108 g/mol. The summed E-state index contributed by atoms with van der Waals surface area (Å²) in [5.74, 6) is 0. The summed E-state index contributed by atoms with van der Waals surface area (Å²) in [6.45, 7) is 0.546. The summed E-state index contributed by atoms with van der Waals surface area (Å²) in [6, 6.07) is 0. The second kappa shape index (κ2) is 6.23. The molecule has 0 rings (SSSR count). The van der Waals surface area contributed by atoms with Crippen molar-refractivity contribution >= 4 is 6.34 Å². The molecule has 4 nitrogen and oxygen atoms in total. The quantitative estimate of drug-likeness (QED) is 0.222. The molecule has 0 heterocycles. The first-order chi connectivity index (χ1) is 3.91. The van der Waals surface area contributed by atoms with Gasteiger partial charge < -0.3 is 15.7 Å². The fourth-order valence-electron chi connectivity index (χ4n) is 0.225. The van der Waals surface area contributed by atoms with E-state index in [1.165, 1.54) is 0 Å². The minimum atomic E-state index is 0.125. The normalized spacial score (nSPS) is 10.1. The molecule has 8 heavy (non-hydrogen) atoms. The van der Waals surface area contributed by atoms with E-state index in [9.17, 15) is 0 Å². The maximum absolute atomic E-state index is 8.20. The summed E-state index contributed by atoms with van der Waals surface area (Å²) in [5, 5.41) is 11.5. The van der Waals surface area contributed by atoms with E-state index >= 15 is 0 Å². The van der Waals surface area contributed by atoms with Crippen molar-refractivity contribution < 1.29 is 9.94 Å². The number of nitrogens with zero attached hydrogens (tertiary/aromatic N) is 1. The molecule has 0 aromatic heterocycles. The number of aliphatic hydroxyl groups excluding tert-OH is 1. The van der Waals surface area contributed by atoms with Gasteiger partial charge in [0.1, 0.15) is 12.9 Å². The van der Waals surface area contributed by atoms with Crippen LogP contribution in [-0.4, -0.2) is 24.7 Å². The molecule has 0 aromatic carbocycles. The topological polar surface area (TPSA) is 67.8 Å². The van der Waals surface area contributed by atoms with Gasteiger partial charge >= 0.3 is 0 Å². The standard InChI is InChI=1S/C4H10N2O2/c5-4-6-8-3-1-2-7/h4,7H,1-3H2,(H2,5,6). The van der Waals surface area contributed by atoms with E-state index in [0.29, 0.717) is 13.0 Å². The van der Waals surface area contributed by atoms with Gasteiger partial charge in [-0.2, -0.15) is 0 Å². The van der Waals surface area contributed by atoms with Crippen LogP contribution in [0.1, 0.15) is 6.42 Å². The first-order valence-corrected chi connectivity index (χ1v) is 2.38. The molecular formula is C4H10N2O2. The van der Waals surface area contributed by atoms with E-state index in [0.717, 1.165) is 6.34 Å². The van der Waals surface area contributed by atoms with Crippen LogP contribution < -0.4 is 5.73 Å². The predicted molar refractivity (Wildman–Crippen MR) is 30.3 cm³/mol. The highest BCUT2D eigenvalue weighted by Crippen LogP contribution is 1.78. The fourth-order valence-corrected chi connectivity index (χ4v) is 0.225. The summed E-state index contributed by atoms with van der Waals surface area (Å²) < 4.78 is 0. The lowest BCUT2D eigenvalue weighted by atomic mass is 10.5. The second-order valence-corrected chi connectivity index (χ2v) is 1.16. The van der Waals surface area contributed by atoms with Gasteiger partial charge in [-0.15, -0.1) is 0 Å². The average molecular weight is 118 g/mol. The molecule has 0 aliphatic carbocycles. The molecule has 0 radical (unpaired) electrons. The lowest BCUT2D eigenvalue weighted by Crippen LogP contribution is -1.94. The monoisotopic (exact) mass is 118 g/mol. The zero-order valence-corrected chi connectivity index (χ0v) is 4.58. The van der Waals surface area contributed by atoms with Crippen LogP contribution in [0.25, 0.3) is 0 Å². The Hall–Kier alpha value is -0.770. The fraction of sp³-hybridized carbons (Fsp3) is 0.750. The Morgan fingerprint density at radius 3 is 3.00 bits per heavy atom. The minimum absolute atomic E-state index is 0.125. The predicted octanol–water partition coefficient (Wildman–Crippen LogP) is -0.713. The molecule has 0 aliphatic heterocycles. The Labute approximate surface area is 47.9 Å². The van der Waals surface area contributed by atoms with E-state index in [1.807, 2.05) is 0 Å². The van der Waals surface area contributed by atoms with Crippen LogP contribution in [0.4, 0.5) is 0 Å². The molecule has 0 aromatic rings. The summed E-state index contributed by atoms with van der Waals surface area (Å²) in [4.78, 5) is 4.51. The molecule has 0 saturated heterocycles. The lowest BCUT2D eigenvalue weighted by Gasteiger charge is -1.92. The average Bonchev–Trinajstić information content (AvgIpc) is 1.81. The van der Waals surface area contributed by atoms with Crippen molar-refractivity contribution in [3.63, 3.8) is 0 Å². The molecule has 0 aliphatic rings. The van der Waals surface area contributed by atoms with E-state index < -0.39 is 0 Å². The van der Waals surface area contributed by atoms with Gasteiger partial charge in [0, 0.05) is 13.0 Å². The van der Waals surface area contributed by atoms with Crippen LogP contribution in [0.3, 0.4) is 0 Å². The summed E-state index contributed by atoms with van der Waals surface area (Å²) in [6.07, 6.45) is 1.66. The molecule has 0 unspecified atom stereocenters. The van der Waals surface area contributed by atoms with Crippen molar-refractivity contribution in [3.8, 4) is 0 Å². The first-order valence-electron chi connectivity index (χ1n) is 2.38. The maximum Gasteiger partial charge on any atom is 0.125 e. The molecule has 4 heteroatoms. The Kier molecular flexibility index (Phi) is 5.63. The van der Waals surface area contributed by atoms with Gasteiger partial charge in [0.15, 0.2) is 0 Å². The van der Waals surface area contributed by atoms with Crippen molar-refractivity contribution in [1.29, 1.82) is 0 Å². The maximum atomic E-state index is 8.20. The zero-order chi connectivity index (χ0) is 6.24. The van der Waals surface area contributed by atoms with Crippen molar-refractivity contribution in [1.82, 2.24) is 0 Å². The number of aliphatic hydroxyl groups is 1. The molecule has 0 saturated carbocycles. The number of oxime groups is 1. The van der Waals surface area contributed by atoms with Gasteiger partial charge in [-0.1, -0.05) is 5.16 Å². The van der Waals surface area contributed by atoms with Crippen LogP contribution in [0, 0.1) is 0 Å². The van der Waals surface area contributed by atoms with Crippen molar-refractivity contribution in [2.75, 3.05) is 13.2 Å². The minimum Gasteiger partial charge on any atom is -0.396 e. The van der Waals surface area contributed by atoms with Crippen LogP contribution in [0.2, 0.25) is 0 Å². The highest BCUT2D eigenvalue weighted by Gasteiger charge is 1.79. The van der Waals surface area contributed by atoms with Crippen molar-refractivity contribution in [3.05, 3.63) is 0 Å². The molecule has 0 fully saturated rings. The Morgan fingerprint density at radius 1 is 1.75 bits per heavy atom. The summed E-state index contributed by atoms with van der Waals surface area (Å²) >= 11 is 0. The van der Waals surface area contributed by atoms with Gasteiger partial charge in [-0.05, 0) is 0 Å². The number of rotatable bonds is 4. The second-order valence-electron chi connectivity index (χ2n) is 1.16. The van der Waals surface area contributed by atoms with E-state index in [2.05, 4.69) is 9.99 Å². The van der Waals surface area contributed by atoms with Gasteiger partial charge in [0.25, 0.3) is 0 Å². The van der Waals surface area contributed by atoms with Gasteiger partial charge in [-0.3, -0.25) is 0 Å². The number of hydrogen-bond donors (Lipinski definition) is 2. The van der Waals surface area contributed by atoms with Crippen molar-refractivity contribution in [2.45, 2.75) is 6.42 Å². The van der Waals surface area contributed by atoms with E-state index in [-0.39, 0.29) is 6.61 Å². The summed E-state index contributed by atoms with van der Waals surface area (Å²) in [7, 11) is 0. The highest BCUT2D eigenvalue weighted by molar-refractivity contribution is 5.49. The van der Waals surface area contributed by atoms with Gasteiger partial charge in [0.05, 0.1) is 0 Å². The molecule has 0 spiro atoms. The molecule has 48 valence electrons. The van der Waals surface area contributed by atoms with Gasteiger partial charge in [-0.25, -0.2) is 0 Å². The number of hydrogen-bond acceptors (Lipinski definition) is 3. The lowest BCUT2D eigenvalue weighted by molar-refractivity contribution is 0.125. The van der Waals surface area contributed by atoms with E-state index in [4.69, 9.17) is 10.8 Å². The Bertz CT molecular complexity index is 65.1. The van der Waals surface area contributed by atoms with Crippen molar-refractivity contribution in [2.24, 2.45) is 10.9 Å². The Balaban J connectivity index is 2.72. The molecule has 0 atom stereocenters. The number of nitrogens with two attached hydrogens (primary N) is 1. The van der Waals surface area contributed by atoms with Gasteiger partial charge in [0.2, 0.25) is 0 Å². The zero-order valence-electron chi connectivity index (χ0n) is 4.58. The molecule has 3 N–H and O–H groups in total. The third-order valence-corrected chi connectivity index (χ3v) is 0.529. The molecule has 0 amide bonds. The third kappa shape index (κ3) is 5.23. The Morgan fingerprint density at radius 2 is 2.50 bits per heavy atom. The van der Waals surface area contributed by atoms with Crippen LogP contribution >= 0.6 is 0 Å². The van der Waals surface area contributed by atoms with Crippen LogP contribution in [-0.2, 0) is 4.84 Å². The van der Waals surface area contributed by atoms with Crippen LogP contribution in [0.15, 0.2) is 5.16 Å². The summed E-state index contributed by atoms with van der Waals surface area (Å²) in [5.41, 5.74) is 4.83. The highest BCUT2D eigenvalue weighted by atomic mass is 16.6.